The summed E-state index contributed by atoms with van der Waals surface area (Å²) >= 11 is 6.07. The highest BCUT2D eigenvalue weighted by Crippen LogP contribution is 2.55. The number of hydrogen-bond donors (Lipinski definition) is 1. The SMILES string of the molecule is CC1(O)CC2(CN(c3c(-c4ccc(F)c(Cl)c4)c(=O)n(-c4cnc5cc(F)ccn45)c(=O)n3CC#N)C2)C1. The molecule has 1 saturated carbocycles. The number of anilines is 1. The number of benzene rings is 1. The molecule has 4 heterocycles. The zero-order valence-corrected chi connectivity index (χ0v) is 20.9. The summed E-state index contributed by atoms with van der Waals surface area (Å²) in [5.41, 5.74) is -1.94. The van der Waals surface area contributed by atoms with Gasteiger partial charge in [0.05, 0.1) is 28.5 Å². The van der Waals surface area contributed by atoms with Gasteiger partial charge in [0.15, 0.2) is 0 Å². The lowest BCUT2D eigenvalue weighted by Gasteiger charge is -2.62. The Morgan fingerprint density at radius 2 is 1.92 bits per heavy atom. The highest BCUT2D eigenvalue weighted by molar-refractivity contribution is 6.31. The molecule has 0 radical (unpaired) electrons. The summed E-state index contributed by atoms with van der Waals surface area (Å²) in [6.45, 7) is 2.33. The largest absolute Gasteiger partial charge is 0.390 e. The molecule has 2 fully saturated rings. The molecular weight excluding hydrogens is 518 g/mol. The minimum absolute atomic E-state index is 0.0535. The molecule has 1 N–H and O–H groups in total. The van der Waals surface area contributed by atoms with E-state index in [-0.39, 0.29) is 45.4 Å². The van der Waals surface area contributed by atoms with Crippen LogP contribution >= 0.6 is 11.6 Å². The van der Waals surface area contributed by atoms with Gasteiger partial charge in [-0.2, -0.15) is 5.26 Å². The summed E-state index contributed by atoms with van der Waals surface area (Å²) in [6, 6.07) is 8.13. The maximum atomic E-state index is 14.1. The number of fused-ring (bicyclic) bond motifs is 1. The van der Waals surface area contributed by atoms with Crippen molar-refractivity contribution in [1.29, 1.82) is 5.26 Å². The molecule has 0 unspecified atom stereocenters. The second-order valence-electron chi connectivity index (χ2n) is 10.4. The zero-order valence-electron chi connectivity index (χ0n) is 20.2. The van der Waals surface area contributed by atoms with E-state index < -0.39 is 28.5 Å². The van der Waals surface area contributed by atoms with E-state index in [1.807, 2.05) is 11.0 Å². The number of halogens is 3. The predicted octanol–water partition coefficient (Wildman–Crippen LogP) is 3.12. The van der Waals surface area contributed by atoms with Gasteiger partial charge in [0, 0.05) is 30.8 Å². The van der Waals surface area contributed by atoms with Gasteiger partial charge in [-0.15, -0.1) is 0 Å². The topological polar surface area (TPSA) is 109 Å². The third-order valence-corrected chi connectivity index (χ3v) is 7.59. The standard InChI is InChI=1S/C26H21ClF2N6O3/c1-25(38)11-26(12-25)13-32(14-26)22-21(15-2-3-18(29)17(27)8-15)23(36)35(24(37)34(22)7-5-30)20-10-31-19-9-16(28)4-6-33(19)20/h2-4,6,8-10,38H,7,11-14H2,1H3. The van der Waals surface area contributed by atoms with Gasteiger partial charge in [0.2, 0.25) is 0 Å². The summed E-state index contributed by atoms with van der Waals surface area (Å²) in [7, 11) is 0. The van der Waals surface area contributed by atoms with Crippen molar-refractivity contribution in [3.8, 4) is 23.0 Å². The lowest BCUT2D eigenvalue weighted by Crippen LogP contribution is -2.68. The Labute approximate surface area is 219 Å². The molecule has 0 amide bonds. The first-order valence-electron chi connectivity index (χ1n) is 11.9. The average molecular weight is 539 g/mol. The zero-order chi connectivity index (χ0) is 27.0. The van der Waals surface area contributed by atoms with Crippen molar-refractivity contribution < 1.29 is 13.9 Å². The van der Waals surface area contributed by atoms with Crippen LogP contribution in [0.1, 0.15) is 19.8 Å². The van der Waals surface area contributed by atoms with Crippen LogP contribution in [-0.4, -0.2) is 42.3 Å². The molecule has 0 atom stereocenters. The first-order valence-corrected chi connectivity index (χ1v) is 12.2. The molecule has 6 rings (SSSR count). The molecule has 9 nitrogen and oxygen atoms in total. The van der Waals surface area contributed by atoms with Gasteiger partial charge in [0.25, 0.3) is 5.56 Å². The summed E-state index contributed by atoms with van der Waals surface area (Å²) in [4.78, 5) is 33.9. The van der Waals surface area contributed by atoms with Crippen LogP contribution in [0.25, 0.3) is 22.6 Å². The van der Waals surface area contributed by atoms with Crippen LogP contribution < -0.4 is 16.1 Å². The van der Waals surface area contributed by atoms with E-state index in [0.29, 0.717) is 25.9 Å². The Hall–Kier alpha value is -4.01. The Morgan fingerprint density at radius 1 is 1.18 bits per heavy atom. The van der Waals surface area contributed by atoms with Gasteiger partial charge < -0.3 is 10.0 Å². The molecule has 1 aliphatic heterocycles. The van der Waals surface area contributed by atoms with Crippen LogP contribution in [0.4, 0.5) is 14.6 Å². The van der Waals surface area contributed by atoms with E-state index in [1.54, 1.807) is 6.92 Å². The van der Waals surface area contributed by atoms with Crippen molar-refractivity contribution in [1.82, 2.24) is 18.5 Å². The molecule has 12 heteroatoms. The van der Waals surface area contributed by atoms with Gasteiger partial charge in [-0.3, -0.25) is 13.8 Å². The van der Waals surface area contributed by atoms with Crippen LogP contribution in [0, 0.1) is 28.4 Å². The normalized spacial score (nSPS) is 17.3. The number of pyridine rings is 1. The predicted molar refractivity (Wildman–Crippen MR) is 136 cm³/mol. The van der Waals surface area contributed by atoms with E-state index in [4.69, 9.17) is 11.6 Å². The number of nitriles is 1. The minimum atomic E-state index is -0.781. The second-order valence-corrected chi connectivity index (χ2v) is 10.8. The lowest BCUT2D eigenvalue weighted by molar-refractivity contribution is -0.127. The van der Waals surface area contributed by atoms with Crippen molar-refractivity contribution >= 4 is 23.1 Å². The van der Waals surface area contributed by atoms with E-state index in [0.717, 1.165) is 16.7 Å². The van der Waals surface area contributed by atoms with E-state index in [2.05, 4.69) is 4.98 Å². The van der Waals surface area contributed by atoms with Gasteiger partial charge in [-0.05, 0) is 43.5 Å². The number of nitrogens with zero attached hydrogens (tertiary/aromatic N) is 6. The highest BCUT2D eigenvalue weighted by atomic mass is 35.5. The van der Waals surface area contributed by atoms with E-state index in [9.17, 15) is 28.7 Å². The van der Waals surface area contributed by atoms with Gasteiger partial charge >= 0.3 is 5.69 Å². The molecule has 0 bridgehead atoms. The number of hydrogen-bond acceptors (Lipinski definition) is 6. The fraction of sp³-hybridized carbons (Fsp3) is 0.308. The van der Waals surface area contributed by atoms with Crippen LogP contribution in [0.5, 0.6) is 0 Å². The van der Waals surface area contributed by atoms with E-state index in [1.165, 1.54) is 39.6 Å². The number of rotatable bonds is 4. The maximum Gasteiger partial charge on any atom is 0.339 e. The van der Waals surface area contributed by atoms with Crippen LogP contribution in [0.2, 0.25) is 5.02 Å². The van der Waals surface area contributed by atoms with Gasteiger partial charge in [0.1, 0.15) is 35.5 Å². The monoisotopic (exact) mass is 538 g/mol. The molecule has 1 spiro atoms. The average Bonchev–Trinajstić information content (AvgIpc) is 3.22. The van der Waals surface area contributed by atoms with Crippen molar-refractivity contribution in [2.24, 2.45) is 5.41 Å². The van der Waals surface area contributed by atoms with Crippen LogP contribution in [0.15, 0.2) is 52.3 Å². The third-order valence-electron chi connectivity index (χ3n) is 7.30. The number of aromatic nitrogens is 4. The summed E-state index contributed by atoms with van der Waals surface area (Å²) in [5, 5.41) is 19.7. The van der Waals surface area contributed by atoms with Crippen molar-refractivity contribution in [2.75, 3.05) is 18.0 Å². The second kappa shape index (κ2) is 8.24. The fourth-order valence-corrected chi connectivity index (χ4v) is 6.28. The molecule has 1 aromatic carbocycles. The molecule has 4 aromatic rings. The van der Waals surface area contributed by atoms with Crippen molar-refractivity contribution in [3.05, 3.63) is 80.2 Å². The maximum absolute atomic E-state index is 14.1. The van der Waals surface area contributed by atoms with Crippen LogP contribution in [-0.2, 0) is 6.54 Å². The molecule has 38 heavy (non-hydrogen) atoms. The third kappa shape index (κ3) is 3.63. The fourth-order valence-electron chi connectivity index (χ4n) is 6.10. The first-order chi connectivity index (χ1) is 18.0. The number of aliphatic hydroxyl groups is 1. The molecule has 1 saturated heterocycles. The molecule has 2 aliphatic rings. The first kappa shape index (κ1) is 24.3. The van der Waals surface area contributed by atoms with Crippen molar-refractivity contribution in [2.45, 2.75) is 31.9 Å². The van der Waals surface area contributed by atoms with Gasteiger partial charge in [-0.25, -0.2) is 23.1 Å². The molecule has 194 valence electrons. The van der Waals surface area contributed by atoms with Crippen molar-refractivity contribution in [3.63, 3.8) is 0 Å². The lowest BCUT2D eigenvalue weighted by atomic mass is 9.56. The molecule has 3 aromatic heterocycles. The molecular formula is C26H21ClF2N6O3. The number of imidazole rings is 1. The summed E-state index contributed by atoms with van der Waals surface area (Å²) < 4.78 is 31.3. The summed E-state index contributed by atoms with van der Waals surface area (Å²) in [5.74, 6) is -0.941. The quantitative estimate of drug-likeness (QED) is 0.428. The van der Waals surface area contributed by atoms with E-state index >= 15 is 0 Å². The van der Waals surface area contributed by atoms with Gasteiger partial charge in [-0.1, -0.05) is 17.7 Å². The Balaban J connectivity index is 1.62. The summed E-state index contributed by atoms with van der Waals surface area (Å²) in [6.07, 6.45) is 3.76. The highest BCUT2D eigenvalue weighted by Gasteiger charge is 2.58. The van der Waals surface area contributed by atoms with Crippen LogP contribution in [0.3, 0.4) is 0 Å². The smallest absolute Gasteiger partial charge is 0.339 e. The Bertz CT molecular complexity index is 1790. The molecule has 1 aliphatic carbocycles. The minimum Gasteiger partial charge on any atom is -0.390 e. The Morgan fingerprint density at radius 3 is 2.58 bits per heavy atom. The Kier molecular flexibility index (Phi) is 5.28.